The number of rotatable bonds is 1. The second kappa shape index (κ2) is 3.10. The third-order valence-corrected chi connectivity index (χ3v) is 0.279. The number of carbonyl (C=O) groups is 1. The van der Waals surface area contributed by atoms with Crippen LogP contribution >= 0.6 is 0 Å². The van der Waals surface area contributed by atoms with Gasteiger partial charge in [0.15, 0.2) is 6.21 Å². The highest BCUT2D eigenvalue weighted by Gasteiger charge is 1.89. The number of hydrogen-bond acceptors (Lipinski definition) is 5. The van der Waals surface area contributed by atoms with Crippen LogP contribution in [0.1, 0.15) is 0 Å². The van der Waals surface area contributed by atoms with Gasteiger partial charge in [-0.2, -0.15) is 5.90 Å². The van der Waals surface area contributed by atoms with Crippen molar-refractivity contribution in [1.29, 1.82) is 0 Å². The summed E-state index contributed by atoms with van der Waals surface area (Å²) in [6, 6.07) is 0. The Morgan fingerprint density at radius 1 is 2.00 bits per heavy atom. The summed E-state index contributed by atoms with van der Waals surface area (Å²) >= 11 is 0. The second-order valence-electron chi connectivity index (χ2n) is 0.681. The van der Waals surface area contributed by atoms with Gasteiger partial charge in [-0.15, -0.1) is 0 Å². The van der Waals surface area contributed by atoms with E-state index >= 15 is 0 Å². The molecule has 0 spiro atoms. The zero-order valence-electron chi connectivity index (χ0n) is 3.37. The summed E-state index contributed by atoms with van der Waals surface area (Å²) in [5.41, 5.74) is 0. The Kier molecular flexibility index (Phi) is 2.62. The van der Waals surface area contributed by atoms with E-state index in [9.17, 15) is 4.79 Å². The first-order chi connectivity index (χ1) is 3.31. The van der Waals surface area contributed by atoms with Gasteiger partial charge in [-0.05, 0) is 0 Å². The Balaban J connectivity index is 3.37. The van der Waals surface area contributed by atoms with Crippen LogP contribution in [0.2, 0.25) is 0 Å². The Hall–Kier alpha value is -1.10. The predicted octanol–water partition coefficient (Wildman–Crippen LogP) is -1.14. The van der Waals surface area contributed by atoms with Crippen molar-refractivity contribution >= 4 is 12.2 Å². The van der Waals surface area contributed by atoms with Crippen molar-refractivity contribution in [2.24, 2.45) is 11.1 Å². The zero-order valence-corrected chi connectivity index (χ0v) is 3.37. The molecule has 0 saturated carbocycles. The van der Waals surface area contributed by atoms with E-state index in [1.54, 1.807) is 0 Å². The summed E-state index contributed by atoms with van der Waals surface area (Å²) in [4.78, 5) is 13.3. The molecule has 0 aromatic heterocycles. The lowest BCUT2D eigenvalue weighted by Gasteiger charge is -1.81. The Morgan fingerprint density at radius 3 is 2.71 bits per heavy atom. The van der Waals surface area contributed by atoms with E-state index < -0.39 is 5.97 Å². The van der Waals surface area contributed by atoms with Crippen LogP contribution in [-0.4, -0.2) is 17.4 Å². The largest absolute Gasteiger partial charge is 0.411 e. The molecule has 3 N–H and O–H groups in total. The molecule has 0 atom stereocenters. The van der Waals surface area contributed by atoms with Crippen LogP contribution < -0.4 is 5.90 Å². The summed E-state index contributed by atoms with van der Waals surface area (Å²) in [7, 11) is 0. The predicted molar refractivity (Wildman–Crippen MR) is 20.6 cm³/mol. The van der Waals surface area contributed by atoms with Crippen molar-refractivity contribution in [2.45, 2.75) is 0 Å². The Bertz CT molecular complexity index is 88.9. The number of hydrogen-bond donors (Lipinski definition) is 2. The molecule has 0 unspecified atom stereocenters. The van der Waals surface area contributed by atoms with Gasteiger partial charge >= 0.3 is 5.97 Å². The summed E-state index contributed by atoms with van der Waals surface area (Å²) in [6.45, 7) is 0. The van der Waals surface area contributed by atoms with Crippen LogP contribution in [0.4, 0.5) is 0 Å². The lowest BCUT2D eigenvalue weighted by atomic mass is 10.8. The van der Waals surface area contributed by atoms with Crippen LogP contribution in [0, 0.1) is 0 Å². The highest BCUT2D eigenvalue weighted by atomic mass is 16.7. The van der Waals surface area contributed by atoms with Gasteiger partial charge in [0.1, 0.15) is 0 Å². The second-order valence-corrected chi connectivity index (χ2v) is 0.681. The van der Waals surface area contributed by atoms with Gasteiger partial charge in [-0.1, -0.05) is 5.16 Å². The molecular weight excluding hydrogens is 100 g/mol. The van der Waals surface area contributed by atoms with Crippen molar-refractivity contribution in [3.8, 4) is 0 Å². The molecule has 0 aromatic carbocycles. The molecule has 0 aliphatic carbocycles. The lowest BCUT2D eigenvalue weighted by molar-refractivity contribution is -0.135. The molecule has 5 nitrogen and oxygen atoms in total. The maximum atomic E-state index is 9.76. The smallest absolute Gasteiger partial charge is 0.371 e. The third kappa shape index (κ3) is 2.71. The van der Waals surface area contributed by atoms with Crippen LogP contribution in [-0.2, 0) is 9.63 Å². The molecule has 7 heavy (non-hydrogen) atoms. The quantitative estimate of drug-likeness (QED) is 0.250. The molecule has 0 aliphatic rings. The maximum Gasteiger partial charge on any atom is 0.371 e. The fourth-order valence-electron chi connectivity index (χ4n) is 0.0776. The van der Waals surface area contributed by atoms with Crippen LogP contribution in [0.25, 0.3) is 0 Å². The molecule has 0 aliphatic heterocycles. The van der Waals surface area contributed by atoms with E-state index in [0.717, 1.165) is 0 Å². The van der Waals surface area contributed by atoms with Gasteiger partial charge in [0.25, 0.3) is 0 Å². The molecular formula is C2H4N2O3. The fourth-order valence-corrected chi connectivity index (χ4v) is 0.0776. The average Bonchev–Trinajstić information content (AvgIpc) is 1.68. The van der Waals surface area contributed by atoms with E-state index in [1.807, 2.05) is 0 Å². The first kappa shape index (κ1) is 5.90. The van der Waals surface area contributed by atoms with Crippen molar-refractivity contribution in [2.75, 3.05) is 0 Å². The van der Waals surface area contributed by atoms with E-state index in [0.29, 0.717) is 6.21 Å². The van der Waals surface area contributed by atoms with E-state index in [-0.39, 0.29) is 0 Å². The monoisotopic (exact) mass is 104 g/mol. The minimum atomic E-state index is -0.887. The first-order valence-electron chi connectivity index (χ1n) is 1.39. The summed E-state index contributed by atoms with van der Waals surface area (Å²) in [5.74, 6) is 3.42. The minimum absolute atomic E-state index is 0.542. The third-order valence-electron chi connectivity index (χ3n) is 0.279. The molecule has 0 saturated heterocycles. The molecule has 0 heterocycles. The van der Waals surface area contributed by atoms with Gasteiger partial charge in [-0.3, -0.25) is 0 Å². The lowest BCUT2D eigenvalue weighted by Crippen LogP contribution is -2.10. The van der Waals surface area contributed by atoms with E-state index in [2.05, 4.69) is 15.9 Å². The maximum absolute atomic E-state index is 9.76. The standard InChI is InChI=1S/C2H4N2O3/c3-7-2(5)1-4-6/h1,6H,3H2. The van der Waals surface area contributed by atoms with Gasteiger partial charge in [0.2, 0.25) is 0 Å². The molecule has 0 radical (unpaired) electrons. The number of nitrogens with zero attached hydrogens (tertiary/aromatic N) is 1. The highest BCUT2D eigenvalue weighted by Crippen LogP contribution is 1.58. The van der Waals surface area contributed by atoms with Crippen molar-refractivity contribution < 1.29 is 14.8 Å². The fraction of sp³-hybridized carbons (Fsp3) is 0. The molecule has 0 aromatic rings. The van der Waals surface area contributed by atoms with Crippen LogP contribution in [0.3, 0.4) is 0 Å². The van der Waals surface area contributed by atoms with E-state index in [1.165, 1.54) is 0 Å². The normalized spacial score (nSPS) is 9.29. The molecule has 5 heteroatoms. The van der Waals surface area contributed by atoms with Gasteiger partial charge in [0.05, 0.1) is 0 Å². The molecule has 0 rings (SSSR count). The molecule has 0 amide bonds. The Morgan fingerprint density at radius 2 is 2.57 bits per heavy atom. The van der Waals surface area contributed by atoms with Crippen molar-refractivity contribution in [3.63, 3.8) is 0 Å². The minimum Gasteiger partial charge on any atom is -0.411 e. The summed E-state index contributed by atoms with van der Waals surface area (Å²) < 4.78 is 0. The van der Waals surface area contributed by atoms with E-state index in [4.69, 9.17) is 5.21 Å². The topological polar surface area (TPSA) is 84.9 Å². The average molecular weight is 104 g/mol. The zero-order chi connectivity index (χ0) is 5.70. The summed E-state index contributed by atoms with van der Waals surface area (Å²) in [6.07, 6.45) is 0.542. The number of carbonyl (C=O) groups excluding carboxylic acids is 1. The van der Waals surface area contributed by atoms with Gasteiger partial charge < -0.3 is 10.0 Å². The Labute approximate surface area is 39.3 Å². The first-order valence-corrected chi connectivity index (χ1v) is 1.39. The van der Waals surface area contributed by atoms with Crippen LogP contribution in [0.5, 0.6) is 0 Å². The number of oxime groups is 1. The van der Waals surface area contributed by atoms with Crippen molar-refractivity contribution in [3.05, 3.63) is 0 Å². The number of nitrogens with two attached hydrogens (primary N) is 1. The molecule has 0 fully saturated rings. The molecule has 40 valence electrons. The molecule has 0 bridgehead atoms. The SMILES string of the molecule is NOC(=O)C=NO. The van der Waals surface area contributed by atoms with Gasteiger partial charge in [-0.25, -0.2) is 4.79 Å². The highest BCUT2D eigenvalue weighted by molar-refractivity contribution is 6.22. The van der Waals surface area contributed by atoms with Gasteiger partial charge in [0, 0.05) is 0 Å². The van der Waals surface area contributed by atoms with Crippen molar-refractivity contribution in [1.82, 2.24) is 0 Å². The summed E-state index contributed by atoms with van der Waals surface area (Å²) in [5, 5.41) is 9.91. The van der Waals surface area contributed by atoms with Crippen LogP contribution in [0.15, 0.2) is 5.16 Å².